The molecule has 0 spiro atoms. The van der Waals surface area contributed by atoms with Crippen molar-refractivity contribution in [3.63, 3.8) is 0 Å². The van der Waals surface area contributed by atoms with Crippen LogP contribution in [0.4, 0.5) is 11.4 Å². The molecule has 7 heteroatoms. The third-order valence-corrected chi connectivity index (χ3v) is 6.38. The summed E-state index contributed by atoms with van der Waals surface area (Å²) >= 11 is 0. The highest BCUT2D eigenvalue weighted by Gasteiger charge is 2.52. The van der Waals surface area contributed by atoms with E-state index in [9.17, 15) is 4.79 Å². The zero-order valence-electron chi connectivity index (χ0n) is 20.2. The van der Waals surface area contributed by atoms with Crippen LogP contribution in [0, 0.1) is 5.41 Å². The van der Waals surface area contributed by atoms with E-state index in [4.69, 9.17) is 14.2 Å². The van der Waals surface area contributed by atoms with Crippen LogP contribution >= 0.6 is 0 Å². The number of nitrogens with zero attached hydrogens (tertiary/aromatic N) is 1. The van der Waals surface area contributed by atoms with Gasteiger partial charge in [-0.25, -0.2) is 0 Å². The summed E-state index contributed by atoms with van der Waals surface area (Å²) in [4.78, 5) is 17.5. The molecule has 1 heterocycles. The Balaban J connectivity index is 1.28. The summed E-state index contributed by atoms with van der Waals surface area (Å²) in [6.07, 6.45) is 3.22. The fourth-order valence-electron chi connectivity index (χ4n) is 4.13. The normalized spacial score (nSPS) is 13.5. The average Bonchev–Trinajstić information content (AvgIpc) is 3.72. The van der Waals surface area contributed by atoms with E-state index in [1.807, 2.05) is 66.7 Å². The Morgan fingerprint density at radius 2 is 1.53 bits per heavy atom. The van der Waals surface area contributed by atoms with Crippen LogP contribution in [0.5, 0.6) is 23.0 Å². The van der Waals surface area contributed by atoms with Crippen LogP contribution in [-0.4, -0.2) is 25.1 Å². The molecular formula is C29H27N3O4. The maximum Gasteiger partial charge on any atom is 0.236 e. The number of rotatable bonds is 9. The number of hydrogen-bond acceptors (Lipinski definition) is 6. The Morgan fingerprint density at radius 1 is 0.861 bits per heavy atom. The van der Waals surface area contributed by atoms with Gasteiger partial charge in [-0.2, -0.15) is 0 Å². The van der Waals surface area contributed by atoms with Crippen LogP contribution in [0.3, 0.4) is 0 Å². The number of carbonyl (C=O) groups excluding carboxylic acids is 1. The van der Waals surface area contributed by atoms with Crippen LogP contribution in [0.1, 0.15) is 12.8 Å². The second kappa shape index (κ2) is 9.62. The fraction of sp³-hybridized carbons (Fsp3) is 0.172. The van der Waals surface area contributed by atoms with Gasteiger partial charge in [-0.3, -0.25) is 9.78 Å². The lowest BCUT2D eigenvalue weighted by molar-refractivity contribution is -0.119. The van der Waals surface area contributed by atoms with E-state index >= 15 is 0 Å². The molecule has 1 aromatic heterocycles. The molecule has 2 N–H and O–H groups in total. The van der Waals surface area contributed by atoms with Gasteiger partial charge in [0, 0.05) is 34.7 Å². The van der Waals surface area contributed by atoms with Crippen molar-refractivity contribution in [1.82, 2.24) is 4.98 Å². The Bertz CT molecular complexity index is 1410. The molecule has 7 nitrogen and oxygen atoms in total. The molecule has 1 aliphatic rings. The van der Waals surface area contributed by atoms with E-state index in [2.05, 4.69) is 22.2 Å². The number of pyridine rings is 1. The minimum atomic E-state index is -0.596. The van der Waals surface area contributed by atoms with Gasteiger partial charge in [0.15, 0.2) is 11.5 Å². The number of nitrogens with one attached hydrogen (secondary N) is 2. The van der Waals surface area contributed by atoms with Crippen molar-refractivity contribution in [2.45, 2.75) is 12.8 Å². The lowest BCUT2D eigenvalue weighted by Gasteiger charge is -2.20. The van der Waals surface area contributed by atoms with E-state index in [0.29, 0.717) is 34.4 Å². The van der Waals surface area contributed by atoms with Crippen molar-refractivity contribution in [3.05, 3.63) is 91.3 Å². The molecule has 0 radical (unpaired) electrons. The summed E-state index contributed by atoms with van der Waals surface area (Å²) in [6, 6.07) is 22.5. The molecule has 36 heavy (non-hydrogen) atoms. The number of benzene rings is 3. The van der Waals surface area contributed by atoms with Crippen LogP contribution in [0.25, 0.3) is 10.9 Å². The summed E-state index contributed by atoms with van der Waals surface area (Å²) in [5.74, 6) is 2.40. The molecule has 3 aromatic carbocycles. The van der Waals surface area contributed by atoms with Gasteiger partial charge in [0.1, 0.15) is 11.5 Å². The zero-order chi connectivity index (χ0) is 25.1. The zero-order valence-corrected chi connectivity index (χ0v) is 20.2. The lowest BCUT2D eigenvalue weighted by Crippen LogP contribution is -2.28. The Labute approximate surface area is 209 Å². The second-order valence-corrected chi connectivity index (χ2v) is 8.67. The Hall–Kier alpha value is -4.52. The Kier molecular flexibility index (Phi) is 6.21. The molecule has 4 aromatic rings. The molecule has 1 amide bonds. The number of fused-ring (bicyclic) bond motifs is 1. The van der Waals surface area contributed by atoms with E-state index in [0.717, 1.165) is 29.4 Å². The van der Waals surface area contributed by atoms with E-state index in [-0.39, 0.29) is 5.91 Å². The van der Waals surface area contributed by atoms with Gasteiger partial charge < -0.3 is 24.8 Å². The third kappa shape index (κ3) is 4.55. The number of methoxy groups -OCH3 is 2. The molecule has 0 atom stereocenters. The van der Waals surface area contributed by atoms with E-state index < -0.39 is 5.41 Å². The minimum absolute atomic E-state index is 0.0641. The summed E-state index contributed by atoms with van der Waals surface area (Å²) in [6.45, 7) is 4.14. The number of amides is 1. The van der Waals surface area contributed by atoms with Crippen molar-refractivity contribution < 1.29 is 19.0 Å². The molecule has 0 saturated heterocycles. The SMILES string of the molecule is C=C(Nc1ccccc1)C1(C(=O)Nc2ccc(Oc3ccnc4cc(OC)c(OC)cc34)cc2)CC1. The number of carbonyl (C=O) groups is 1. The molecule has 0 unspecified atom stereocenters. The predicted octanol–water partition coefficient (Wildman–Crippen LogP) is 6.39. The molecule has 1 aliphatic carbocycles. The van der Waals surface area contributed by atoms with Crippen LogP contribution in [0.2, 0.25) is 0 Å². The monoisotopic (exact) mass is 481 g/mol. The molecule has 1 saturated carbocycles. The molecule has 1 fully saturated rings. The number of hydrogen-bond donors (Lipinski definition) is 2. The number of para-hydroxylation sites is 1. The maximum atomic E-state index is 13.1. The topological polar surface area (TPSA) is 81.7 Å². The molecular weight excluding hydrogens is 454 g/mol. The molecule has 0 aliphatic heterocycles. The summed E-state index contributed by atoms with van der Waals surface area (Å²) in [7, 11) is 3.18. The molecule has 0 bridgehead atoms. The van der Waals surface area contributed by atoms with Crippen molar-refractivity contribution in [1.29, 1.82) is 0 Å². The largest absolute Gasteiger partial charge is 0.493 e. The van der Waals surface area contributed by atoms with Crippen LogP contribution < -0.4 is 24.8 Å². The van der Waals surface area contributed by atoms with Crippen molar-refractivity contribution in [2.75, 3.05) is 24.9 Å². The number of anilines is 2. The van der Waals surface area contributed by atoms with Gasteiger partial charge in [0.2, 0.25) is 5.91 Å². The highest BCUT2D eigenvalue weighted by Crippen LogP contribution is 2.52. The smallest absolute Gasteiger partial charge is 0.236 e. The van der Waals surface area contributed by atoms with Gasteiger partial charge in [0.25, 0.3) is 0 Å². The summed E-state index contributed by atoms with van der Waals surface area (Å²) in [5, 5.41) is 7.10. The van der Waals surface area contributed by atoms with Crippen molar-refractivity contribution in [3.8, 4) is 23.0 Å². The first-order valence-electron chi connectivity index (χ1n) is 11.6. The summed E-state index contributed by atoms with van der Waals surface area (Å²) in [5.41, 5.74) is 2.46. The fourth-order valence-corrected chi connectivity index (χ4v) is 4.13. The quantitative estimate of drug-likeness (QED) is 0.288. The third-order valence-electron chi connectivity index (χ3n) is 6.38. The van der Waals surface area contributed by atoms with Gasteiger partial charge in [-0.1, -0.05) is 24.8 Å². The first kappa shape index (κ1) is 23.2. The molecule has 182 valence electrons. The van der Waals surface area contributed by atoms with Crippen molar-refractivity contribution >= 4 is 28.2 Å². The number of aromatic nitrogens is 1. The standard InChI is InChI=1S/C29H27N3O4/c1-19(31-20-7-5-4-6-8-20)29(14-15-29)28(33)32-21-9-11-22(12-10-21)36-25-13-16-30-24-18-27(35-3)26(34-2)17-23(24)25/h4-13,16-18,31H,1,14-15H2,2-3H3,(H,32,33). The Morgan fingerprint density at radius 3 is 2.19 bits per heavy atom. The predicted molar refractivity (Wildman–Crippen MR) is 141 cm³/mol. The minimum Gasteiger partial charge on any atom is -0.493 e. The van der Waals surface area contributed by atoms with Gasteiger partial charge in [-0.05, 0) is 61.4 Å². The second-order valence-electron chi connectivity index (χ2n) is 8.67. The van der Waals surface area contributed by atoms with E-state index in [1.54, 1.807) is 26.5 Å². The number of ether oxygens (including phenoxy) is 3. The molecule has 5 rings (SSSR count). The highest BCUT2D eigenvalue weighted by molar-refractivity contribution is 6.00. The van der Waals surface area contributed by atoms with Gasteiger partial charge in [0.05, 0.1) is 25.2 Å². The van der Waals surface area contributed by atoms with Crippen LogP contribution in [-0.2, 0) is 4.79 Å². The highest BCUT2D eigenvalue weighted by atomic mass is 16.5. The first-order valence-corrected chi connectivity index (χ1v) is 11.6. The van der Waals surface area contributed by atoms with Crippen LogP contribution in [0.15, 0.2) is 91.3 Å². The van der Waals surface area contributed by atoms with Gasteiger partial charge in [-0.15, -0.1) is 0 Å². The van der Waals surface area contributed by atoms with Crippen molar-refractivity contribution in [2.24, 2.45) is 5.41 Å². The first-order chi connectivity index (χ1) is 17.5. The average molecular weight is 482 g/mol. The maximum absolute atomic E-state index is 13.1. The lowest BCUT2D eigenvalue weighted by atomic mass is 10.0. The van der Waals surface area contributed by atoms with E-state index in [1.165, 1.54) is 0 Å². The van der Waals surface area contributed by atoms with Gasteiger partial charge >= 0.3 is 0 Å². The summed E-state index contributed by atoms with van der Waals surface area (Å²) < 4.78 is 16.9.